The number of rotatable bonds is 6. The molecule has 1 N–H and O–H groups in total. The summed E-state index contributed by atoms with van der Waals surface area (Å²) in [5.41, 5.74) is 0. The molecule has 1 aromatic heterocycles. The second-order valence-electron chi connectivity index (χ2n) is 4.76. The molecule has 1 unspecified atom stereocenters. The Balaban J connectivity index is 2.58. The topological polar surface area (TPSA) is 103 Å². The van der Waals surface area contributed by atoms with E-state index in [1.165, 1.54) is 9.47 Å². The fourth-order valence-corrected chi connectivity index (χ4v) is 2.51. The number of ether oxygens (including phenoxy) is 1. The molecule has 0 fully saturated rings. The highest BCUT2D eigenvalue weighted by atomic mass is 35.6. The smallest absolute Gasteiger partial charge is 0.408 e. The monoisotopic (exact) mass is 387 g/mol. The summed E-state index contributed by atoms with van der Waals surface area (Å²) in [4.78, 5) is 27.4. The Kier molecular flexibility index (Phi) is 6.87. The Hall–Kier alpha value is -1.29. The molecule has 12 heteroatoms. The Morgan fingerprint density at radius 1 is 1.57 bits per heavy atom. The highest BCUT2D eigenvalue weighted by Gasteiger charge is 2.36. The third-order valence-corrected chi connectivity index (χ3v) is 3.47. The van der Waals surface area contributed by atoms with Crippen molar-refractivity contribution in [1.29, 1.82) is 0 Å². The van der Waals surface area contributed by atoms with Crippen LogP contribution in [0.15, 0.2) is 6.20 Å². The number of hydrogen-bond donors (Lipinski definition) is 1. The second kappa shape index (κ2) is 8.00. The molecule has 0 aliphatic carbocycles. The Bertz CT molecular complexity index is 572. The molecule has 0 aromatic carbocycles. The molecule has 0 aliphatic heterocycles. The van der Waals surface area contributed by atoms with Crippen LogP contribution in [-0.2, 0) is 11.3 Å². The van der Waals surface area contributed by atoms with E-state index in [2.05, 4.69) is 10.3 Å². The van der Waals surface area contributed by atoms with Gasteiger partial charge < -0.3 is 20.2 Å². The Labute approximate surface area is 147 Å². The number of carbonyl (C=O) groups is 1. The summed E-state index contributed by atoms with van der Waals surface area (Å²) in [6.07, 6.45) is -0.569. The highest BCUT2D eigenvalue weighted by Crippen LogP contribution is 2.31. The molecule has 0 spiro atoms. The van der Waals surface area contributed by atoms with Gasteiger partial charge in [0, 0.05) is 6.92 Å². The number of nitrogens with zero attached hydrogens (tertiary/aromatic N) is 4. The van der Waals surface area contributed by atoms with Crippen LogP contribution in [0, 0.1) is 17.0 Å². The average Bonchev–Trinajstić information content (AvgIpc) is 2.76. The van der Waals surface area contributed by atoms with Gasteiger partial charge in [0.2, 0.25) is 3.79 Å². The van der Waals surface area contributed by atoms with E-state index in [9.17, 15) is 14.9 Å². The minimum atomic E-state index is -1.75. The Morgan fingerprint density at radius 2 is 2.17 bits per heavy atom. The van der Waals surface area contributed by atoms with Gasteiger partial charge in [-0.3, -0.25) is 4.90 Å². The number of amides is 1. The van der Waals surface area contributed by atoms with Crippen LogP contribution in [0.3, 0.4) is 0 Å². The number of aromatic nitrogens is 2. The molecule has 9 nitrogen and oxygen atoms in total. The van der Waals surface area contributed by atoms with Crippen LogP contribution in [0.2, 0.25) is 0 Å². The number of alkyl halides is 3. The second-order valence-corrected chi connectivity index (χ2v) is 7.13. The maximum absolute atomic E-state index is 11.7. The predicted octanol–water partition coefficient (Wildman–Crippen LogP) is 2.08. The summed E-state index contributed by atoms with van der Waals surface area (Å²) in [7, 11) is 3.23. The fraction of sp³-hybridized carbons (Fsp3) is 0.636. The molecule has 1 amide bonds. The minimum Gasteiger partial charge on any atom is -0.445 e. The maximum Gasteiger partial charge on any atom is 0.408 e. The van der Waals surface area contributed by atoms with Crippen LogP contribution in [0.5, 0.6) is 0 Å². The van der Waals surface area contributed by atoms with Gasteiger partial charge >= 0.3 is 11.9 Å². The van der Waals surface area contributed by atoms with E-state index in [4.69, 9.17) is 39.5 Å². The SMILES string of the molecule is Cc1ncc([N+](=O)[O-])n1CCOC(=O)NC(N(C)C)C(Cl)(Cl)Cl. The van der Waals surface area contributed by atoms with E-state index in [0.29, 0.717) is 5.82 Å². The first-order valence-corrected chi connectivity index (χ1v) is 7.50. The van der Waals surface area contributed by atoms with Gasteiger partial charge in [0.1, 0.15) is 25.5 Å². The van der Waals surface area contributed by atoms with Crippen molar-refractivity contribution >= 4 is 46.7 Å². The van der Waals surface area contributed by atoms with Gasteiger partial charge in [0.05, 0.1) is 0 Å². The van der Waals surface area contributed by atoms with Crippen molar-refractivity contribution in [3.05, 3.63) is 22.1 Å². The molecule has 1 heterocycles. The zero-order chi connectivity index (χ0) is 17.8. The van der Waals surface area contributed by atoms with Gasteiger partial charge in [0.15, 0.2) is 5.82 Å². The molecule has 23 heavy (non-hydrogen) atoms. The van der Waals surface area contributed by atoms with Crippen molar-refractivity contribution < 1.29 is 14.5 Å². The highest BCUT2D eigenvalue weighted by molar-refractivity contribution is 6.68. The van der Waals surface area contributed by atoms with E-state index in [1.54, 1.807) is 21.0 Å². The zero-order valence-electron chi connectivity index (χ0n) is 12.6. The summed E-state index contributed by atoms with van der Waals surface area (Å²) in [6.45, 7) is 1.58. The van der Waals surface area contributed by atoms with E-state index in [0.717, 1.165) is 6.20 Å². The standard InChI is InChI=1S/C11H16Cl3N5O4/c1-7-15-6-8(19(21)22)18(7)4-5-23-10(20)16-9(17(2)3)11(12,13)14/h6,9H,4-5H2,1-3H3,(H,16,20). The molecule has 130 valence electrons. The number of nitro groups is 1. The molecule has 0 saturated carbocycles. The van der Waals surface area contributed by atoms with Crippen molar-refractivity contribution in [2.24, 2.45) is 0 Å². The molecule has 0 aliphatic rings. The lowest BCUT2D eigenvalue weighted by molar-refractivity contribution is -0.392. The molecular formula is C11H16Cl3N5O4. The largest absolute Gasteiger partial charge is 0.445 e. The molecule has 0 bridgehead atoms. The third-order valence-electron chi connectivity index (χ3n) is 2.85. The van der Waals surface area contributed by atoms with Gasteiger partial charge in [-0.15, -0.1) is 0 Å². The maximum atomic E-state index is 11.7. The summed E-state index contributed by atoms with van der Waals surface area (Å²) in [5.74, 6) is 0.257. The summed E-state index contributed by atoms with van der Waals surface area (Å²) in [6, 6.07) is 0. The van der Waals surface area contributed by atoms with Gasteiger partial charge in [-0.25, -0.2) is 14.3 Å². The Morgan fingerprint density at radius 3 is 2.65 bits per heavy atom. The zero-order valence-corrected chi connectivity index (χ0v) is 14.9. The lowest BCUT2D eigenvalue weighted by Crippen LogP contribution is -2.52. The number of imidazole rings is 1. The van der Waals surface area contributed by atoms with Gasteiger partial charge in [-0.1, -0.05) is 34.8 Å². The first-order valence-electron chi connectivity index (χ1n) is 6.37. The van der Waals surface area contributed by atoms with Crippen LogP contribution < -0.4 is 5.32 Å². The van der Waals surface area contributed by atoms with E-state index in [1.807, 2.05) is 0 Å². The van der Waals surface area contributed by atoms with Crippen molar-refractivity contribution in [2.45, 2.75) is 23.4 Å². The summed E-state index contributed by atoms with van der Waals surface area (Å²) in [5, 5.41) is 13.2. The molecule has 0 radical (unpaired) electrons. The van der Waals surface area contributed by atoms with Crippen molar-refractivity contribution in [2.75, 3.05) is 20.7 Å². The van der Waals surface area contributed by atoms with Crippen LogP contribution in [0.4, 0.5) is 10.6 Å². The van der Waals surface area contributed by atoms with E-state index >= 15 is 0 Å². The fourth-order valence-electron chi connectivity index (χ4n) is 1.76. The van der Waals surface area contributed by atoms with Crippen molar-refractivity contribution in [1.82, 2.24) is 19.8 Å². The third kappa shape index (κ3) is 5.69. The quantitative estimate of drug-likeness (QED) is 0.346. The first kappa shape index (κ1) is 19.8. The molecule has 1 aromatic rings. The first-order chi connectivity index (χ1) is 10.5. The van der Waals surface area contributed by atoms with Crippen LogP contribution >= 0.6 is 34.8 Å². The predicted molar refractivity (Wildman–Crippen MR) is 85.9 cm³/mol. The molecule has 1 rings (SSSR count). The lowest BCUT2D eigenvalue weighted by Gasteiger charge is -2.30. The van der Waals surface area contributed by atoms with Gasteiger partial charge in [-0.2, -0.15) is 0 Å². The molecule has 1 atom stereocenters. The number of nitrogens with one attached hydrogen (secondary N) is 1. The lowest BCUT2D eigenvalue weighted by atomic mass is 10.5. The number of hydrogen-bond acceptors (Lipinski definition) is 6. The number of aryl methyl sites for hydroxylation is 1. The van der Waals surface area contributed by atoms with Crippen LogP contribution in [0.1, 0.15) is 5.82 Å². The van der Waals surface area contributed by atoms with Gasteiger partial charge in [-0.05, 0) is 19.0 Å². The normalized spacial score (nSPS) is 13.0. The number of carbonyl (C=O) groups excluding carboxylic acids is 1. The van der Waals surface area contributed by atoms with Gasteiger partial charge in [0.25, 0.3) is 0 Å². The van der Waals surface area contributed by atoms with Crippen LogP contribution in [-0.4, -0.2) is 56.1 Å². The summed E-state index contributed by atoms with van der Waals surface area (Å²) >= 11 is 17.3. The minimum absolute atomic E-state index is 0.0793. The number of alkyl carbamates (subject to hydrolysis) is 1. The molecular weight excluding hydrogens is 373 g/mol. The van der Waals surface area contributed by atoms with E-state index < -0.39 is 21.0 Å². The number of halogens is 3. The van der Waals surface area contributed by atoms with Crippen molar-refractivity contribution in [3.63, 3.8) is 0 Å². The summed E-state index contributed by atoms with van der Waals surface area (Å²) < 4.78 is 4.53. The average molecular weight is 389 g/mol. The van der Waals surface area contributed by atoms with E-state index in [-0.39, 0.29) is 19.0 Å². The van der Waals surface area contributed by atoms with Crippen molar-refractivity contribution in [3.8, 4) is 0 Å². The van der Waals surface area contributed by atoms with Crippen LogP contribution in [0.25, 0.3) is 0 Å². The molecule has 0 saturated heterocycles.